The summed E-state index contributed by atoms with van der Waals surface area (Å²) in [5, 5.41) is 5.87. The Balaban J connectivity index is 4.41. The Morgan fingerprint density at radius 1 is 1.14 bits per heavy atom. The molecule has 3 nitrogen and oxygen atoms in total. The quantitative estimate of drug-likeness (QED) is 0.704. The summed E-state index contributed by atoms with van der Waals surface area (Å²) < 4.78 is 0. The van der Waals surface area contributed by atoms with Crippen molar-refractivity contribution in [1.29, 1.82) is 0 Å². The first-order valence-electron chi connectivity index (χ1n) is 5.12. The monoisotopic (exact) mass is 200 g/mol. The van der Waals surface area contributed by atoms with Crippen molar-refractivity contribution in [3.63, 3.8) is 0 Å². The molecule has 0 aromatic heterocycles. The maximum Gasteiger partial charge on any atom is 0.225 e. The lowest BCUT2D eigenvalue weighted by atomic mass is 9.74. The van der Waals surface area contributed by atoms with Gasteiger partial charge in [-0.05, 0) is 25.4 Å². The smallest absolute Gasteiger partial charge is 0.225 e. The van der Waals surface area contributed by atoms with Gasteiger partial charge in [0.15, 0.2) is 0 Å². The van der Waals surface area contributed by atoms with E-state index in [1.807, 2.05) is 20.9 Å². The molecule has 0 fully saturated rings. The fourth-order valence-electron chi connectivity index (χ4n) is 2.16. The van der Waals surface area contributed by atoms with Gasteiger partial charge in [-0.25, -0.2) is 0 Å². The van der Waals surface area contributed by atoms with Gasteiger partial charge in [-0.2, -0.15) is 0 Å². The molecule has 0 atom stereocenters. The minimum atomic E-state index is -0.297. The summed E-state index contributed by atoms with van der Waals surface area (Å²) in [6.45, 7) is 9.25. The van der Waals surface area contributed by atoms with Gasteiger partial charge < -0.3 is 10.6 Å². The van der Waals surface area contributed by atoms with Gasteiger partial charge in [0.25, 0.3) is 0 Å². The standard InChI is InChI=1S/C11H24N2O/c1-10(2,8-12-5)7-11(3,4)9(14)13-6/h12H,7-8H2,1-6H3,(H,13,14). The zero-order valence-corrected chi connectivity index (χ0v) is 10.3. The third kappa shape index (κ3) is 4.09. The van der Waals surface area contributed by atoms with Crippen LogP contribution in [0, 0.1) is 10.8 Å². The Hall–Kier alpha value is -0.570. The minimum Gasteiger partial charge on any atom is -0.359 e. The Labute approximate surface area is 87.6 Å². The maximum absolute atomic E-state index is 11.6. The van der Waals surface area contributed by atoms with E-state index < -0.39 is 0 Å². The Bertz CT molecular complexity index is 197. The highest BCUT2D eigenvalue weighted by molar-refractivity contribution is 5.81. The van der Waals surface area contributed by atoms with Crippen LogP contribution in [0.3, 0.4) is 0 Å². The molecule has 0 bridgehead atoms. The van der Waals surface area contributed by atoms with Crippen LogP contribution in [0.25, 0.3) is 0 Å². The van der Waals surface area contributed by atoms with Crippen molar-refractivity contribution in [2.45, 2.75) is 34.1 Å². The number of rotatable bonds is 5. The number of carbonyl (C=O) groups excluding carboxylic acids is 1. The summed E-state index contributed by atoms with van der Waals surface area (Å²) in [5.74, 6) is 0.113. The average Bonchev–Trinajstić information content (AvgIpc) is 2.00. The molecule has 0 aromatic rings. The molecular weight excluding hydrogens is 176 g/mol. The highest BCUT2D eigenvalue weighted by atomic mass is 16.2. The first-order valence-corrected chi connectivity index (χ1v) is 5.12. The summed E-state index contributed by atoms with van der Waals surface area (Å²) in [4.78, 5) is 11.6. The fourth-order valence-corrected chi connectivity index (χ4v) is 2.16. The molecule has 0 rings (SSSR count). The zero-order valence-electron chi connectivity index (χ0n) is 10.3. The first kappa shape index (κ1) is 13.4. The average molecular weight is 200 g/mol. The molecule has 0 spiro atoms. The van der Waals surface area contributed by atoms with Crippen LogP contribution in [0.5, 0.6) is 0 Å². The van der Waals surface area contributed by atoms with Gasteiger partial charge in [-0.15, -0.1) is 0 Å². The lowest BCUT2D eigenvalue weighted by molar-refractivity contribution is -0.130. The van der Waals surface area contributed by atoms with Crippen molar-refractivity contribution in [3.8, 4) is 0 Å². The second kappa shape index (κ2) is 4.78. The van der Waals surface area contributed by atoms with E-state index in [2.05, 4.69) is 24.5 Å². The van der Waals surface area contributed by atoms with Crippen molar-refractivity contribution in [3.05, 3.63) is 0 Å². The van der Waals surface area contributed by atoms with Crippen LogP contribution in [0.4, 0.5) is 0 Å². The van der Waals surface area contributed by atoms with E-state index in [-0.39, 0.29) is 16.7 Å². The number of carbonyl (C=O) groups is 1. The van der Waals surface area contributed by atoms with Crippen LogP contribution in [-0.2, 0) is 4.79 Å². The van der Waals surface area contributed by atoms with E-state index in [4.69, 9.17) is 0 Å². The van der Waals surface area contributed by atoms with E-state index in [1.165, 1.54) is 0 Å². The number of hydrogen-bond donors (Lipinski definition) is 2. The lowest BCUT2D eigenvalue weighted by Crippen LogP contribution is -2.40. The largest absolute Gasteiger partial charge is 0.359 e. The second-order valence-electron chi connectivity index (χ2n) is 5.33. The van der Waals surface area contributed by atoms with Gasteiger partial charge >= 0.3 is 0 Å². The Kier molecular flexibility index (Phi) is 4.59. The van der Waals surface area contributed by atoms with Crippen LogP contribution < -0.4 is 10.6 Å². The van der Waals surface area contributed by atoms with Gasteiger partial charge in [0.1, 0.15) is 0 Å². The van der Waals surface area contributed by atoms with Gasteiger partial charge in [0.05, 0.1) is 0 Å². The molecule has 0 aliphatic rings. The minimum absolute atomic E-state index is 0.113. The Morgan fingerprint density at radius 2 is 1.64 bits per heavy atom. The Morgan fingerprint density at radius 3 is 2.00 bits per heavy atom. The molecule has 0 aliphatic carbocycles. The normalized spacial score (nSPS) is 12.7. The van der Waals surface area contributed by atoms with E-state index >= 15 is 0 Å². The van der Waals surface area contributed by atoms with E-state index in [9.17, 15) is 4.79 Å². The topological polar surface area (TPSA) is 41.1 Å². The summed E-state index contributed by atoms with van der Waals surface area (Å²) in [6.07, 6.45) is 0.876. The highest BCUT2D eigenvalue weighted by Crippen LogP contribution is 2.33. The van der Waals surface area contributed by atoms with Crippen LogP contribution in [0.15, 0.2) is 0 Å². The van der Waals surface area contributed by atoms with Gasteiger partial charge in [0, 0.05) is 12.5 Å². The number of nitrogens with one attached hydrogen (secondary N) is 2. The molecule has 0 saturated carbocycles. The summed E-state index contributed by atoms with van der Waals surface area (Å²) in [5.41, 5.74) is -0.153. The molecule has 0 aliphatic heterocycles. The van der Waals surface area contributed by atoms with Gasteiger partial charge in [0.2, 0.25) is 5.91 Å². The molecule has 0 heterocycles. The van der Waals surface area contributed by atoms with Crippen LogP contribution in [0.1, 0.15) is 34.1 Å². The molecule has 0 radical (unpaired) electrons. The van der Waals surface area contributed by atoms with Crippen LogP contribution in [-0.4, -0.2) is 26.5 Å². The van der Waals surface area contributed by atoms with Crippen molar-refractivity contribution in [1.82, 2.24) is 10.6 Å². The molecule has 3 heteroatoms. The molecule has 2 N–H and O–H groups in total. The third-order valence-electron chi connectivity index (χ3n) is 2.42. The van der Waals surface area contributed by atoms with Crippen molar-refractivity contribution in [2.75, 3.05) is 20.6 Å². The molecule has 0 aromatic carbocycles. The van der Waals surface area contributed by atoms with E-state index in [1.54, 1.807) is 7.05 Å². The molecule has 0 saturated heterocycles. The first-order chi connectivity index (χ1) is 6.25. The predicted molar refractivity (Wildman–Crippen MR) is 60.2 cm³/mol. The lowest BCUT2D eigenvalue weighted by Gasteiger charge is -2.33. The molecule has 1 amide bonds. The SMILES string of the molecule is CNCC(C)(C)CC(C)(C)C(=O)NC. The van der Waals surface area contributed by atoms with Crippen LogP contribution >= 0.6 is 0 Å². The summed E-state index contributed by atoms with van der Waals surface area (Å²) in [7, 11) is 3.63. The van der Waals surface area contributed by atoms with Gasteiger partial charge in [-0.1, -0.05) is 27.7 Å². The van der Waals surface area contributed by atoms with E-state index in [0.717, 1.165) is 13.0 Å². The van der Waals surface area contributed by atoms with Crippen molar-refractivity contribution >= 4 is 5.91 Å². The molecule has 0 unspecified atom stereocenters. The summed E-state index contributed by atoms with van der Waals surface area (Å²) in [6, 6.07) is 0. The zero-order chi connectivity index (χ0) is 11.4. The van der Waals surface area contributed by atoms with Crippen molar-refractivity contribution < 1.29 is 4.79 Å². The maximum atomic E-state index is 11.6. The molecular formula is C11H24N2O. The second-order valence-corrected chi connectivity index (χ2v) is 5.33. The molecule has 14 heavy (non-hydrogen) atoms. The number of amides is 1. The van der Waals surface area contributed by atoms with Crippen LogP contribution in [0.2, 0.25) is 0 Å². The highest BCUT2D eigenvalue weighted by Gasteiger charge is 2.33. The van der Waals surface area contributed by atoms with E-state index in [0.29, 0.717) is 0 Å². The van der Waals surface area contributed by atoms with Crippen molar-refractivity contribution in [2.24, 2.45) is 10.8 Å². The molecule has 84 valence electrons. The van der Waals surface area contributed by atoms with Gasteiger partial charge in [-0.3, -0.25) is 4.79 Å². The predicted octanol–water partition coefficient (Wildman–Crippen LogP) is 1.39. The fraction of sp³-hybridized carbons (Fsp3) is 0.909. The third-order valence-corrected chi connectivity index (χ3v) is 2.42. The summed E-state index contributed by atoms with van der Waals surface area (Å²) >= 11 is 0. The number of hydrogen-bond acceptors (Lipinski definition) is 2.